The highest BCUT2D eigenvalue weighted by molar-refractivity contribution is 6.31. The smallest absolute Gasteiger partial charge is 0.224 e. The molecule has 1 fully saturated rings. The number of nitrogens with one attached hydrogen (secondary N) is 2. The van der Waals surface area contributed by atoms with Crippen LogP contribution in [0.5, 0.6) is 0 Å². The molecule has 4 rings (SSSR count). The summed E-state index contributed by atoms with van der Waals surface area (Å²) in [7, 11) is 0. The molecule has 1 aromatic carbocycles. The normalized spacial score (nSPS) is 18.6. The number of rotatable bonds is 7. The van der Waals surface area contributed by atoms with Crippen LogP contribution in [0.4, 0.5) is 11.5 Å². The standard InChI is InChI=1S/C25H30ClN5O2/c1-17-8-9-18(13-20(17)26)29-25-19-14-22(23(32)15-21(19)27-16-28-25)30-24(33)7-3-6-12-31-10-4-2-5-11-31/h3,6,8-9,13,15-16,22,32H,2,4-5,7,10-12,14H2,1H3,(H,30,33)(H,27,28,29)/b6-3+. The van der Waals surface area contributed by atoms with Gasteiger partial charge < -0.3 is 15.7 Å². The Labute approximate surface area is 199 Å². The summed E-state index contributed by atoms with van der Waals surface area (Å²) in [4.78, 5) is 23.6. The van der Waals surface area contributed by atoms with Crippen molar-refractivity contribution in [2.45, 2.75) is 45.1 Å². The minimum Gasteiger partial charge on any atom is -0.510 e. The highest BCUT2D eigenvalue weighted by Gasteiger charge is 2.26. The van der Waals surface area contributed by atoms with Crippen LogP contribution in [0, 0.1) is 6.92 Å². The van der Waals surface area contributed by atoms with E-state index in [1.807, 2.05) is 31.2 Å². The number of aryl methyl sites for hydroxylation is 1. The first-order valence-corrected chi connectivity index (χ1v) is 11.8. The van der Waals surface area contributed by atoms with Crippen molar-refractivity contribution in [3.05, 3.63) is 64.3 Å². The Balaban J connectivity index is 1.38. The van der Waals surface area contributed by atoms with E-state index in [0.717, 1.165) is 36.4 Å². The Morgan fingerprint density at radius 3 is 2.85 bits per heavy atom. The second-order valence-corrected chi connectivity index (χ2v) is 9.01. The van der Waals surface area contributed by atoms with Crippen LogP contribution in [0.2, 0.25) is 5.02 Å². The number of carbonyl (C=O) groups excluding carboxylic acids is 1. The van der Waals surface area contributed by atoms with E-state index in [1.54, 1.807) is 6.08 Å². The third-order valence-electron chi connectivity index (χ3n) is 6.08. The maximum absolute atomic E-state index is 12.5. The zero-order valence-electron chi connectivity index (χ0n) is 18.9. The summed E-state index contributed by atoms with van der Waals surface area (Å²) in [5.74, 6) is 0.593. The predicted octanol–water partition coefficient (Wildman–Crippen LogP) is 4.55. The number of fused-ring (bicyclic) bond motifs is 1. The minimum atomic E-state index is -0.520. The molecule has 1 aliphatic heterocycles. The molecule has 174 valence electrons. The van der Waals surface area contributed by atoms with E-state index < -0.39 is 6.04 Å². The fourth-order valence-electron chi connectivity index (χ4n) is 4.15. The van der Waals surface area contributed by atoms with Gasteiger partial charge in [-0.15, -0.1) is 0 Å². The van der Waals surface area contributed by atoms with Crippen molar-refractivity contribution in [2.24, 2.45) is 0 Å². The molecule has 0 radical (unpaired) electrons. The number of aliphatic hydroxyl groups excluding tert-OH is 1. The first-order chi connectivity index (χ1) is 16.0. The first kappa shape index (κ1) is 23.3. The maximum Gasteiger partial charge on any atom is 0.224 e. The lowest BCUT2D eigenvalue weighted by Crippen LogP contribution is -2.39. The molecule has 1 aromatic heterocycles. The summed E-state index contributed by atoms with van der Waals surface area (Å²) in [6.45, 7) is 5.08. The zero-order chi connectivity index (χ0) is 23.2. The van der Waals surface area contributed by atoms with Gasteiger partial charge in [0.25, 0.3) is 0 Å². The topological polar surface area (TPSA) is 90.4 Å². The van der Waals surface area contributed by atoms with E-state index in [2.05, 4.69) is 31.6 Å². The first-order valence-electron chi connectivity index (χ1n) is 11.4. The molecule has 0 bridgehead atoms. The maximum atomic E-state index is 12.5. The van der Waals surface area contributed by atoms with E-state index in [0.29, 0.717) is 23.0 Å². The van der Waals surface area contributed by atoms with Crippen molar-refractivity contribution < 1.29 is 9.90 Å². The number of nitrogens with zero attached hydrogens (tertiary/aromatic N) is 3. The van der Waals surface area contributed by atoms with Gasteiger partial charge in [0, 0.05) is 41.7 Å². The van der Waals surface area contributed by atoms with Gasteiger partial charge in [0.05, 0.1) is 11.7 Å². The van der Waals surface area contributed by atoms with Crippen molar-refractivity contribution in [1.82, 2.24) is 20.2 Å². The van der Waals surface area contributed by atoms with Crippen LogP contribution in [0.1, 0.15) is 42.5 Å². The highest BCUT2D eigenvalue weighted by Crippen LogP contribution is 2.29. The number of hydrogen-bond donors (Lipinski definition) is 3. The molecule has 1 amide bonds. The molecule has 8 heteroatoms. The summed E-state index contributed by atoms with van der Waals surface area (Å²) in [5, 5.41) is 17.4. The fraction of sp³-hybridized carbons (Fsp3) is 0.400. The van der Waals surface area contributed by atoms with Crippen molar-refractivity contribution in [1.29, 1.82) is 0 Å². The lowest BCUT2D eigenvalue weighted by molar-refractivity contribution is -0.120. The van der Waals surface area contributed by atoms with Gasteiger partial charge in [0.1, 0.15) is 17.9 Å². The van der Waals surface area contributed by atoms with Gasteiger partial charge >= 0.3 is 0 Å². The number of likely N-dealkylation sites (tertiary alicyclic amines) is 1. The van der Waals surface area contributed by atoms with Crippen LogP contribution < -0.4 is 10.6 Å². The summed E-state index contributed by atoms with van der Waals surface area (Å²) in [6, 6.07) is 5.19. The monoisotopic (exact) mass is 467 g/mol. The lowest BCUT2D eigenvalue weighted by atomic mass is 9.96. The Morgan fingerprint density at radius 1 is 1.24 bits per heavy atom. The average molecular weight is 468 g/mol. The molecular weight excluding hydrogens is 438 g/mol. The van der Waals surface area contributed by atoms with Crippen LogP contribution in [0.3, 0.4) is 0 Å². The number of benzene rings is 1. The molecule has 2 aliphatic rings. The number of aromatic nitrogens is 2. The van der Waals surface area contributed by atoms with Crippen molar-refractivity contribution in [2.75, 3.05) is 25.0 Å². The highest BCUT2D eigenvalue weighted by atomic mass is 35.5. The summed E-state index contributed by atoms with van der Waals surface area (Å²) in [6.07, 6.45) is 11.5. The Hall–Kier alpha value is -2.90. The molecule has 1 atom stereocenters. The molecule has 1 saturated heterocycles. The number of aliphatic hydroxyl groups is 1. The lowest BCUT2D eigenvalue weighted by Gasteiger charge is -2.25. The van der Waals surface area contributed by atoms with Gasteiger partial charge in [-0.2, -0.15) is 0 Å². The van der Waals surface area contributed by atoms with Gasteiger partial charge in [-0.25, -0.2) is 9.97 Å². The number of anilines is 2. The number of amides is 1. The van der Waals surface area contributed by atoms with Crippen LogP contribution in [0.15, 0.2) is 42.4 Å². The summed E-state index contributed by atoms with van der Waals surface area (Å²) in [5.41, 5.74) is 3.27. The number of carbonyl (C=O) groups is 1. The summed E-state index contributed by atoms with van der Waals surface area (Å²) < 4.78 is 0. The molecule has 33 heavy (non-hydrogen) atoms. The van der Waals surface area contributed by atoms with Crippen molar-refractivity contribution in [3.8, 4) is 0 Å². The Kier molecular flexibility index (Phi) is 7.62. The van der Waals surface area contributed by atoms with E-state index in [-0.39, 0.29) is 18.1 Å². The van der Waals surface area contributed by atoms with Crippen LogP contribution in [0.25, 0.3) is 6.08 Å². The molecule has 0 spiro atoms. The van der Waals surface area contributed by atoms with Crippen LogP contribution in [-0.4, -0.2) is 51.6 Å². The van der Waals surface area contributed by atoms with Gasteiger partial charge in [-0.05, 0) is 50.6 Å². The third kappa shape index (κ3) is 6.12. The molecule has 2 heterocycles. The van der Waals surface area contributed by atoms with Gasteiger partial charge in [0.2, 0.25) is 5.91 Å². The minimum absolute atomic E-state index is 0.0937. The summed E-state index contributed by atoms with van der Waals surface area (Å²) >= 11 is 6.25. The predicted molar refractivity (Wildman–Crippen MR) is 132 cm³/mol. The van der Waals surface area contributed by atoms with Crippen molar-refractivity contribution in [3.63, 3.8) is 0 Å². The van der Waals surface area contributed by atoms with E-state index in [9.17, 15) is 9.90 Å². The Bertz CT molecular complexity index is 1060. The quantitative estimate of drug-likeness (QED) is 0.517. The fourth-order valence-corrected chi connectivity index (χ4v) is 4.33. The third-order valence-corrected chi connectivity index (χ3v) is 6.49. The van der Waals surface area contributed by atoms with Gasteiger partial charge in [-0.3, -0.25) is 9.69 Å². The molecule has 7 nitrogen and oxygen atoms in total. The van der Waals surface area contributed by atoms with E-state index in [1.165, 1.54) is 25.6 Å². The molecule has 1 unspecified atom stereocenters. The molecule has 2 aromatic rings. The second-order valence-electron chi connectivity index (χ2n) is 8.61. The van der Waals surface area contributed by atoms with E-state index >= 15 is 0 Å². The average Bonchev–Trinajstić information content (AvgIpc) is 2.81. The number of piperidine rings is 1. The largest absolute Gasteiger partial charge is 0.510 e. The number of hydrogen-bond acceptors (Lipinski definition) is 6. The molecule has 1 aliphatic carbocycles. The Morgan fingerprint density at radius 2 is 2.06 bits per heavy atom. The van der Waals surface area contributed by atoms with Crippen LogP contribution in [-0.2, 0) is 11.2 Å². The molecule has 0 saturated carbocycles. The SMILES string of the molecule is Cc1ccc(Nc2ncnc3c2CC(NC(=O)C/C=C/CN2CCCCC2)C(O)=C3)cc1Cl. The van der Waals surface area contributed by atoms with E-state index in [4.69, 9.17) is 11.6 Å². The van der Waals surface area contributed by atoms with Gasteiger partial charge in [-0.1, -0.05) is 36.2 Å². The second kappa shape index (κ2) is 10.8. The van der Waals surface area contributed by atoms with Crippen molar-refractivity contribution >= 4 is 35.1 Å². The molecule has 3 N–H and O–H groups in total. The van der Waals surface area contributed by atoms with Gasteiger partial charge in [0.15, 0.2) is 0 Å². The number of halogens is 1. The zero-order valence-corrected chi connectivity index (χ0v) is 19.6. The van der Waals surface area contributed by atoms with Crippen LogP contribution >= 0.6 is 11.6 Å². The molecular formula is C25H30ClN5O2.